The molecule has 0 unspecified atom stereocenters. The standard InChI is InChI=1S/C33H29F17NO4/c1-24(2,3)16-13-18-20(22(52)55-21(18)19(14-16)25(4,5)6)15-7-9-17(10-8-15)54-23(53)51-12-11-26(34,35)27(36,37)28(38,39)29(40,41)30(42,43)31(44,45)32(46,47)33(48,49)50/h7-10,13-14H,11-12H2,1-6H3,(H,51,53). The fourth-order valence-corrected chi connectivity index (χ4v) is 4.95. The molecule has 2 aromatic rings. The topological polar surface area (TPSA) is 64.6 Å². The summed E-state index contributed by atoms with van der Waals surface area (Å²) in [5, 5.41) is 1.29. The molecule has 0 atom stereocenters. The molecule has 0 saturated heterocycles. The highest BCUT2D eigenvalue weighted by Gasteiger charge is 2.95. The minimum absolute atomic E-state index is 0.0867. The van der Waals surface area contributed by atoms with Crippen LogP contribution in [0, 0.1) is 5.92 Å². The maximum absolute atomic E-state index is 14.2. The Morgan fingerprint density at radius 2 is 1.09 bits per heavy atom. The zero-order chi connectivity index (χ0) is 43.0. The van der Waals surface area contributed by atoms with Gasteiger partial charge >= 0.3 is 59.7 Å². The van der Waals surface area contributed by atoms with Crippen molar-refractivity contribution in [3.05, 3.63) is 64.6 Å². The van der Waals surface area contributed by atoms with Crippen LogP contribution in [0.5, 0.6) is 11.5 Å². The lowest BCUT2D eigenvalue weighted by Gasteiger charge is -2.42. The number of fused-ring (bicyclic) bond motifs is 1. The van der Waals surface area contributed by atoms with Crippen LogP contribution in [0.3, 0.4) is 0 Å². The Morgan fingerprint density at radius 3 is 1.53 bits per heavy atom. The molecule has 0 aromatic heterocycles. The van der Waals surface area contributed by atoms with E-state index >= 15 is 0 Å². The Labute approximate surface area is 300 Å². The second-order valence-corrected chi connectivity index (χ2v) is 14.4. The molecule has 1 radical (unpaired) electrons. The minimum Gasteiger partial charge on any atom is -0.425 e. The highest BCUT2D eigenvalue weighted by Crippen LogP contribution is 2.64. The Bertz CT molecular complexity index is 1770. The number of benzene rings is 2. The number of esters is 1. The third kappa shape index (κ3) is 7.49. The molecule has 3 rings (SSSR count). The number of rotatable bonds is 11. The van der Waals surface area contributed by atoms with E-state index in [-0.39, 0.29) is 16.9 Å². The average Bonchev–Trinajstić information content (AvgIpc) is 3.34. The first-order chi connectivity index (χ1) is 24.3. The summed E-state index contributed by atoms with van der Waals surface area (Å²) in [6, 6.07) is 8.18. The Hall–Kier alpha value is -4.01. The van der Waals surface area contributed by atoms with Gasteiger partial charge < -0.3 is 14.8 Å². The van der Waals surface area contributed by atoms with Crippen LogP contribution in [0.15, 0.2) is 36.4 Å². The molecular weight excluding hydrogens is 797 g/mol. The first kappa shape index (κ1) is 45.4. The number of hydrogen-bond acceptors (Lipinski definition) is 4. The first-order valence-corrected chi connectivity index (χ1v) is 15.4. The molecule has 1 N–H and O–H groups in total. The van der Waals surface area contributed by atoms with E-state index in [0.29, 0.717) is 16.9 Å². The Kier molecular flexibility index (Phi) is 11.2. The number of alkyl halides is 17. The molecule has 0 aliphatic carbocycles. The summed E-state index contributed by atoms with van der Waals surface area (Å²) in [5.41, 5.74) is 1.33. The first-order valence-electron chi connectivity index (χ1n) is 15.4. The molecule has 1 aliphatic heterocycles. The summed E-state index contributed by atoms with van der Waals surface area (Å²) >= 11 is 0. The second kappa shape index (κ2) is 13.6. The molecule has 0 spiro atoms. The van der Waals surface area contributed by atoms with Crippen LogP contribution in [-0.2, 0) is 15.6 Å². The number of nitrogens with one attached hydrogen (secondary N) is 1. The van der Waals surface area contributed by atoms with Gasteiger partial charge in [0.15, 0.2) is 0 Å². The largest absolute Gasteiger partial charge is 0.460 e. The third-order valence-corrected chi connectivity index (χ3v) is 8.28. The summed E-state index contributed by atoms with van der Waals surface area (Å²) in [6.07, 6.45) is -12.5. The van der Waals surface area contributed by atoms with Gasteiger partial charge in [0.2, 0.25) is 0 Å². The Balaban J connectivity index is 1.76. The van der Waals surface area contributed by atoms with Crippen molar-refractivity contribution in [1.82, 2.24) is 5.32 Å². The van der Waals surface area contributed by atoms with Gasteiger partial charge in [-0.3, -0.25) is 4.79 Å². The van der Waals surface area contributed by atoms with E-state index < -0.39 is 83.8 Å². The van der Waals surface area contributed by atoms with Crippen molar-refractivity contribution in [3.63, 3.8) is 0 Å². The van der Waals surface area contributed by atoms with Crippen LogP contribution in [0.1, 0.15) is 70.2 Å². The van der Waals surface area contributed by atoms with E-state index in [1.807, 2.05) is 47.6 Å². The van der Waals surface area contributed by atoms with Gasteiger partial charge in [0.25, 0.3) is 0 Å². The summed E-state index contributed by atoms with van der Waals surface area (Å²) < 4.78 is 239. The molecule has 0 fully saturated rings. The zero-order valence-corrected chi connectivity index (χ0v) is 28.9. The molecule has 0 saturated carbocycles. The summed E-state index contributed by atoms with van der Waals surface area (Å²) in [5.74, 6) is -58.1. The van der Waals surface area contributed by atoms with Gasteiger partial charge in [-0.1, -0.05) is 59.7 Å². The number of carbonyl (C=O) groups is 2. The van der Waals surface area contributed by atoms with Gasteiger partial charge in [-0.25, -0.2) is 4.79 Å². The molecule has 0 bridgehead atoms. The van der Waals surface area contributed by atoms with Gasteiger partial charge in [0.1, 0.15) is 17.4 Å². The molecule has 309 valence electrons. The van der Waals surface area contributed by atoms with E-state index in [9.17, 15) is 84.2 Å². The molecule has 2 aromatic carbocycles. The molecular formula is C33H29F17NO4. The van der Waals surface area contributed by atoms with Gasteiger partial charge in [-0.05, 0) is 40.2 Å². The van der Waals surface area contributed by atoms with Crippen LogP contribution in [0.25, 0.3) is 0 Å². The normalized spacial score (nSPS) is 15.9. The van der Waals surface area contributed by atoms with E-state index in [4.69, 9.17) is 9.47 Å². The van der Waals surface area contributed by atoms with Gasteiger partial charge in [0.05, 0.1) is 0 Å². The van der Waals surface area contributed by atoms with Crippen molar-refractivity contribution in [1.29, 1.82) is 0 Å². The van der Waals surface area contributed by atoms with Crippen molar-refractivity contribution in [3.8, 4) is 11.5 Å². The molecule has 55 heavy (non-hydrogen) atoms. The summed E-state index contributed by atoms with van der Waals surface area (Å²) in [6.45, 7) is 9.54. The van der Waals surface area contributed by atoms with E-state index in [1.165, 1.54) is 17.4 Å². The number of halogens is 17. The number of hydrogen-bond donors (Lipinski definition) is 1. The molecule has 5 nitrogen and oxygen atoms in total. The van der Waals surface area contributed by atoms with Crippen LogP contribution in [-0.4, -0.2) is 66.2 Å². The fraction of sp³-hybridized carbons (Fsp3) is 0.545. The summed E-state index contributed by atoms with van der Waals surface area (Å²) in [7, 11) is 0. The highest BCUT2D eigenvalue weighted by molar-refractivity contribution is 6.01. The van der Waals surface area contributed by atoms with Gasteiger partial charge in [-0.15, -0.1) is 0 Å². The highest BCUT2D eigenvalue weighted by atomic mass is 19.4. The quantitative estimate of drug-likeness (QED) is 0.139. The van der Waals surface area contributed by atoms with Gasteiger partial charge in [-0.2, -0.15) is 74.6 Å². The molecule has 1 amide bonds. The van der Waals surface area contributed by atoms with Crippen molar-refractivity contribution >= 4 is 12.1 Å². The molecule has 22 heteroatoms. The predicted molar refractivity (Wildman–Crippen MR) is 157 cm³/mol. The third-order valence-electron chi connectivity index (χ3n) is 8.28. The van der Waals surface area contributed by atoms with Crippen LogP contribution in [0.2, 0.25) is 0 Å². The van der Waals surface area contributed by atoms with Crippen molar-refractivity contribution in [2.24, 2.45) is 0 Å². The van der Waals surface area contributed by atoms with Gasteiger partial charge in [0, 0.05) is 24.1 Å². The zero-order valence-electron chi connectivity index (χ0n) is 28.9. The van der Waals surface area contributed by atoms with Crippen molar-refractivity contribution in [2.45, 2.75) is 106 Å². The maximum atomic E-state index is 14.2. The smallest absolute Gasteiger partial charge is 0.425 e. The molecule has 1 heterocycles. The number of amides is 1. The van der Waals surface area contributed by atoms with Crippen LogP contribution >= 0.6 is 0 Å². The van der Waals surface area contributed by atoms with Crippen molar-refractivity contribution < 1.29 is 93.7 Å². The SMILES string of the molecule is CC(C)(C)c1cc2c(c(C(C)(C)C)c1)OC(=O)[C]2c1ccc(OC(=O)NCCC(F)(F)C(F)(F)C(F)(F)C(F)(F)C(F)(F)C(F)(F)C(F)(F)C(F)(F)F)cc1. The monoisotopic (exact) mass is 826 g/mol. The van der Waals surface area contributed by atoms with E-state index in [2.05, 4.69) is 0 Å². The lowest BCUT2D eigenvalue weighted by Crippen LogP contribution is -2.74. The number of ether oxygens (including phenoxy) is 2. The minimum atomic E-state index is -8.73. The predicted octanol–water partition coefficient (Wildman–Crippen LogP) is 10.7. The van der Waals surface area contributed by atoms with Crippen LogP contribution in [0.4, 0.5) is 79.4 Å². The fourth-order valence-electron chi connectivity index (χ4n) is 4.95. The second-order valence-electron chi connectivity index (χ2n) is 14.4. The Morgan fingerprint density at radius 1 is 0.636 bits per heavy atom. The molecule has 1 aliphatic rings. The average molecular weight is 827 g/mol. The van der Waals surface area contributed by atoms with Crippen LogP contribution < -0.4 is 14.8 Å². The number of carbonyl (C=O) groups excluding carboxylic acids is 2. The van der Waals surface area contributed by atoms with Crippen molar-refractivity contribution in [2.75, 3.05) is 6.54 Å². The summed E-state index contributed by atoms with van der Waals surface area (Å²) in [4.78, 5) is 25.1. The lowest BCUT2D eigenvalue weighted by atomic mass is 9.77. The van der Waals surface area contributed by atoms with E-state index in [1.54, 1.807) is 6.07 Å². The van der Waals surface area contributed by atoms with E-state index in [0.717, 1.165) is 17.7 Å². The lowest BCUT2D eigenvalue weighted by molar-refractivity contribution is -0.461. The maximum Gasteiger partial charge on any atom is 0.460 e.